The molecule has 0 aromatic carbocycles. The average Bonchev–Trinajstić information content (AvgIpc) is 2.53. The van der Waals surface area contributed by atoms with Gasteiger partial charge in [0.1, 0.15) is 5.52 Å². The lowest BCUT2D eigenvalue weighted by Crippen LogP contribution is -2.54. The van der Waals surface area contributed by atoms with Crippen molar-refractivity contribution in [3.05, 3.63) is 18.3 Å². The summed E-state index contributed by atoms with van der Waals surface area (Å²) in [6.45, 7) is -0.0542. The minimum Gasteiger partial charge on any atom is -0.341 e. The first kappa shape index (κ1) is 11.3. The number of aromatic nitrogens is 3. The first-order valence-corrected chi connectivity index (χ1v) is 5.56. The van der Waals surface area contributed by atoms with E-state index in [9.17, 15) is 13.2 Å². The number of nitrogens with zero attached hydrogens (tertiary/aromatic N) is 4. The Hall–Kier alpha value is -1.79. The zero-order valence-electron chi connectivity index (χ0n) is 9.65. The Morgan fingerprint density at radius 1 is 1.33 bits per heavy atom. The van der Waals surface area contributed by atoms with Crippen LogP contribution in [0.4, 0.5) is 19.1 Å². The van der Waals surface area contributed by atoms with Gasteiger partial charge in [-0.2, -0.15) is 13.2 Å². The van der Waals surface area contributed by atoms with Crippen LogP contribution in [-0.4, -0.2) is 33.8 Å². The number of rotatable bonds is 1. The summed E-state index contributed by atoms with van der Waals surface area (Å²) in [6, 6.07) is 3.56. The SMILES string of the molecule is Cn1c(N2CC(C(F)(F)F)C2)nc2cccnc21. The van der Waals surface area contributed by atoms with Gasteiger partial charge in [-0.3, -0.25) is 4.57 Å². The van der Waals surface area contributed by atoms with Gasteiger partial charge in [-0.05, 0) is 12.1 Å². The second kappa shape index (κ2) is 3.60. The van der Waals surface area contributed by atoms with Crippen molar-refractivity contribution >= 4 is 17.1 Å². The highest BCUT2D eigenvalue weighted by Gasteiger charge is 2.48. The third kappa shape index (κ3) is 1.61. The van der Waals surface area contributed by atoms with Crippen molar-refractivity contribution in [3.63, 3.8) is 0 Å². The average molecular weight is 256 g/mol. The molecule has 0 atom stereocenters. The Balaban J connectivity index is 1.87. The fourth-order valence-electron chi connectivity index (χ4n) is 2.14. The van der Waals surface area contributed by atoms with Gasteiger partial charge in [-0.1, -0.05) is 0 Å². The van der Waals surface area contributed by atoms with Crippen LogP contribution in [0.1, 0.15) is 0 Å². The molecule has 1 aliphatic heterocycles. The third-order valence-electron chi connectivity index (χ3n) is 3.23. The summed E-state index contributed by atoms with van der Waals surface area (Å²) in [5.41, 5.74) is 1.38. The molecule has 0 N–H and O–H groups in total. The maximum absolute atomic E-state index is 12.4. The van der Waals surface area contributed by atoms with Crippen LogP contribution in [0.5, 0.6) is 0 Å². The molecule has 96 valence electrons. The van der Waals surface area contributed by atoms with E-state index in [4.69, 9.17) is 0 Å². The molecule has 3 rings (SSSR count). The fourth-order valence-corrected chi connectivity index (χ4v) is 2.14. The quantitative estimate of drug-likeness (QED) is 0.782. The summed E-state index contributed by atoms with van der Waals surface area (Å²) < 4.78 is 39.0. The molecule has 4 nitrogen and oxygen atoms in total. The largest absolute Gasteiger partial charge is 0.395 e. The normalized spacial score (nSPS) is 17.2. The van der Waals surface area contributed by atoms with Crippen molar-refractivity contribution in [2.75, 3.05) is 18.0 Å². The highest BCUT2D eigenvalue weighted by Crippen LogP contribution is 2.36. The molecule has 2 aromatic rings. The summed E-state index contributed by atoms with van der Waals surface area (Å²) in [5.74, 6) is -0.700. The second-order valence-electron chi connectivity index (χ2n) is 4.46. The van der Waals surface area contributed by atoms with Crippen LogP contribution in [0.15, 0.2) is 18.3 Å². The monoisotopic (exact) mass is 256 g/mol. The van der Waals surface area contributed by atoms with Crippen molar-refractivity contribution < 1.29 is 13.2 Å². The number of hydrogen-bond acceptors (Lipinski definition) is 3. The number of anilines is 1. The molecule has 0 radical (unpaired) electrons. The molecule has 7 heteroatoms. The maximum Gasteiger partial charge on any atom is 0.395 e. The van der Waals surface area contributed by atoms with Gasteiger partial charge in [0.2, 0.25) is 5.95 Å². The molecule has 1 fully saturated rings. The van der Waals surface area contributed by atoms with Crippen LogP contribution in [0.3, 0.4) is 0 Å². The molecule has 0 aliphatic carbocycles. The molecule has 1 saturated heterocycles. The molecule has 2 aromatic heterocycles. The van der Waals surface area contributed by atoms with E-state index in [0.29, 0.717) is 17.1 Å². The number of hydrogen-bond donors (Lipinski definition) is 0. The van der Waals surface area contributed by atoms with Gasteiger partial charge in [0.15, 0.2) is 5.65 Å². The van der Waals surface area contributed by atoms with E-state index < -0.39 is 12.1 Å². The van der Waals surface area contributed by atoms with Crippen LogP contribution < -0.4 is 4.90 Å². The van der Waals surface area contributed by atoms with E-state index in [1.807, 2.05) is 0 Å². The predicted octanol–water partition coefficient (Wildman–Crippen LogP) is 1.97. The van der Waals surface area contributed by atoms with Crippen molar-refractivity contribution in [3.8, 4) is 0 Å². The van der Waals surface area contributed by atoms with Gasteiger partial charge in [-0.25, -0.2) is 9.97 Å². The van der Waals surface area contributed by atoms with Crippen LogP contribution in [0.25, 0.3) is 11.2 Å². The number of aryl methyl sites for hydroxylation is 1. The van der Waals surface area contributed by atoms with Gasteiger partial charge in [0, 0.05) is 26.3 Å². The van der Waals surface area contributed by atoms with E-state index >= 15 is 0 Å². The summed E-state index contributed by atoms with van der Waals surface area (Å²) in [7, 11) is 1.76. The molecule has 0 spiro atoms. The number of imidazole rings is 1. The Bertz CT molecular complexity index is 583. The standard InChI is InChI=1S/C11H11F3N4/c1-17-9-8(3-2-4-15-9)16-10(17)18-5-7(6-18)11(12,13)14/h2-4,7H,5-6H2,1H3. The molecule has 0 saturated carbocycles. The molecular weight excluding hydrogens is 245 g/mol. The summed E-state index contributed by atoms with van der Waals surface area (Å²) in [5, 5.41) is 0. The predicted molar refractivity (Wildman–Crippen MR) is 60.3 cm³/mol. The van der Waals surface area contributed by atoms with Crippen molar-refractivity contribution in [2.24, 2.45) is 13.0 Å². The maximum atomic E-state index is 12.4. The van der Waals surface area contributed by atoms with Gasteiger partial charge < -0.3 is 4.90 Å². The first-order valence-electron chi connectivity index (χ1n) is 5.56. The van der Waals surface area contributed by atoms with E-state index in [1.54, 1.807) is 34.8 Å². The Morgan fingerprint density at radius 3 is 2.67 bits per heavy atom. The van der Waals surface area contributed by atoms with Gasteiger partial charge in [0.25, 0.3) is 0 Å². The fraction of sp³-hybridized carbons (Fsp3) is 0.455. The summed E-state index contributed by atoms with van der Waals surface area (Å²) in [6.07, 6.45) is -2.47. The molecule has 0 unspecified atom stereocenters. The third-order valence-corrected chi connectivity index (χ3v) is 3.23. The lowest BCUT2D eigenvalue weighted by atomic mass is 10.0. The lowest BCUT2D eigenvalue weighted by Gasteiger charge is -2.40. The molecule has 3 heterocycles. The van der Waals surface area contributed by atoms with Crippen LogP contribution in [0.2, 0.25) is 0 Å². The van der Waals surface area contributed by atoms with Gasteiger partial charge >= 0.3 is 6.18 Å². The molecule has 0 amide bonds. The van der Waals surface area contributed by atoms with E-state index in [0.717, 1.165) is 0 Å². The lowest BCUT2D eigenvalue weighted by molar-refractivity contribution is -0.180. The summed E-state index contributed by atoms with van der Waals surface area (Å²) in [4.78, 5) is 10.1. The number of pyridine rings is 1. The minimum atomic E-state index is -4.11. The topological polar surface area (TPSA) is 34.0 Å². The molecule has 1 aliphatic rings. The van der Waals surface area contributed by atoms with Crippen LogP contribution >= 0.6 is 0 Å². The van der Waals surface area contributed by atoms with Crippen molar-refractivity contribution in [1.29, 1.82) is 0 Å². The number of fused-ring (bicyclic) bond motifs is 1. The molecule has 0 bridgehead atoms. The smallest absolute Gasteiger partial charge is 0.341 e. The second-order valence-corrected chi connectivity index (χ2v) is 4.46. The van der Waals surface area contributed by atoms with E-state index in [2.05, 4.69) is 9.97 Å². The Kier molecular flexibility index (Phi) is 2.26. The van der Waals surface area contributed by atoms with Crippen LogP contribution in [0, 0.1) is 5.92 Å². The highest BCUT2D eigenvalue weighted by atomic mass is 19.4. The van der Waals surface area contributed by atoms with Crippen LogP contribution in [-0.2, 0) is 7.05 Å². The minimum absolute atomic E-state index is 0.0271. The number of alkyl halides is 3. The Morgan fingerprint density at radius 2 is 2.06 bits per heavy atom. The highest BCUT2D eigenvalue weighted by molar-refractivity contribution is 5.74. The van der Waals surface area contributed by atoms with Crippen molar-refractivity contribution in [1.82, 2.24) is 14.5 Å². The first-order chi connectivity index (χ1) is 8.47. The summed E-state index contributed by atoms with van der Waals surface area (Å²) >= 11 is 0. The Labute approximate surface area is 101 Å². The molecule has 18 heavy (non-hydrogen) atoms. The van der Waals surface area contributed by atoms with E-state index in [-0.39, 0.29) is 13.1 Å². The van der Waals surface area contributed by atoms with E-state index in [1.165, 1.54) is 0 Å². The van der Waals surface area contributed by atoms with Gasteiger partial charge in [0.05, 0.1) is 5.92 Å². The number of halogens is 3. The molecular formula is C11H11F3N4. The van der Waals surface area contributed by atoms with Gasteiger partial charge in [-0.15, -0.1) is 0 Å². The zero-order chi connectivity index (χ0) is 12.9. The zero-order valence-corrected chi connectivity index (χ0v) is 9.65. The van der Waals surface area contributed by atoms with Crippen molar-refractivity contribution in [2.45, 2.75) is 6.18 Å².